The highest BCUT2D eigenvalue weighted by Crippen LogP contribution is 2.36. The number of pyridine rings is 1. The molecule has 2 aromatic heterocycles. The van der Waals surface area contributed by atoms with E-state index in [1.807, 2.05) is 13.1 Å². The molecule has 0 amide bonds. The molecule has 0 saturated carbocycles. The van der Waals surface area contributed by atoms with E-state index in [0.29, 0.717) is 13.0 Å². The minimum absolute atomic E-state index is 0.293. The van der Waals surface area contributed by atoms with E-state index in [0.717, 1.165) is 28.8 Å². The monoisotopic (exact) mass is 312 g/mol. The molecule has 5 nitrogen and oxygen atoms in total. The van der Waals surface area contributed by atoms with Crippen LogP contribution in [0.5, 0.6) is 0 Å². The summed E-state index contributed by atoms with van der Waals surface area (Å²) in [5, 5.41) is 16.2. The number of halogens is 1. The van der Waals surface area contributed by atoms with Crippen molar-refractivity contribution in [2.24, 2.45) is 7.05 Å². The van der Waals surface area contributed by atoms with Crippen LogP contribution in [-0.2, 0) is 12.6 Å². The smallest absolute Gasteiger partial charge is 0.159 e. The Morgan fingerprint density at radius 3 is 2.78 bits per heavy atom. The molecule has 118 valence electrons. The highest BCUT2D eigenvalue weighted by molar-refractivity contribution is 5.89. The molecular formula is C17H17FN4O. The average Bonchev–Trinajstić information content (AvgIpc) is 3.13. The van der Waals surface area contributed by atoms with Crippen LogP contribution < -0.4 is 4.90 Å². The Morgan fingerprint density at radius 2 is 2.00 bits per heavy atom. The fourth-order valence-electron chi connectivity index (χ4n) is 3.30. The summed E-state index contributed by atoms with van der Waals surface area (Å²) in [6, 6.07) is 8.04. The number of hydrogen-bond acceptors (Lipinski definition) is 4. The normalized spacial score (nSPS) is 21.3. The first-order valence-corrected chi connectivity index (χ1v) is 7.57. The molecule has 1 aliphatic heterocycles. The molecule has 0 bridgehead atoms. The molecule has 3 aromatic rings. The lowest BCUT2D eigenvalue weighted by Crippen LogP contribution is -2.30. The minimum atomic E-state index is -0.967. The average molecular weight is 312 g/mol. The number of anilines is 1. The van der Waals surface area contributed by atoms with E-state index in [9.17, 15) is 9.50 Å². The van der Waals surface area contributed by atoms with E-state index < -0.39 is 5.60 Å². The molecule has 0 aliphatic carbocycles. The molecule has 1 N–H and O–H groups in total. The van der Waals surface area contributed by atoms with Crippen molar-refractivity contribution >= 4 is 16.7 Å². The lowest BCUT2D eigenvalue weighted by molar-refractivity contribution is 0.0606. The van der Waals surface area contributed by atoms with Gasteiger partial charge in [0.05, 0.1) is 23.8 Å². The molecule has 1 atom stereocenters. The summed E-state index contributed by atoms with van der Waals surface area (Å²) in [5.41, 5.74) is 1.62. The predicted molar refractivity (Wildman–Crippen MR) is 85.6 cm³/mol. The molecule has 3 heterocycles. The summed E-state index contributed by atoms with van der Waals surface area (Å²) in [6.45, 7) is 1.19. The van der Waals surface area contributed by atoms with E-state index in [2.05, 4.69) is 15.0 Å². The van der Waals surface area contributed by atoms with Gasteiger partial charge in [-0.2, -0.15) is 5.10 Å². The van der Waals surface area contributed by atoms with Crippen LogP contribution in [0.25, 0.3) is 11.0 Å². The van der Waals surface area contributed by atoms with Crippen LogP contribution in [0.15, 0.2) is 42.7 Å². The lowest BCUT2D eigenvalue weighted by Gasteiger charge is -2.25. The van der Waals surface area contributed by atoms with Gasteiger partial charge in [0.1, 0.15) is 11.4 Å². The van der Waals surface area contributed by atoms with Crippen LogP contribution in [-0.4, -0.2) is 33.0 Å². The number of rotatable bonds is 2. The summed E-state index contributed by atoms with van der Waals surface area (Å²) in [4.78, 5) is 6.48. The topological polar surface area (TPSA) is 54.2 Å². The highest BCUT2D eigenvalue weighted by atomic mass is 19.1. The van der Waals surface area contributed by atoms with Gasteiger partial charge >= 0.3 is 0 Å². The maximum atomic E-state index is 13.1. The number of aryl methyl sites for hydroxylation is 1. The summed E-state index contributed by atoms with van der Waals surface area (Å²) < 4.78 is 14.8. The first-order chi connectivity index (χ1) is 11.1. The fourth-order valence-corrected chi connectivity index (χ4v) is 3.30. The van der Waals surface area contributed by atoms with Crippen molar-refractivity contribution in [1.82, 2.24) is 14.8 Å². The van der Waals surface area contributed by atoms with Crippen LogP contribution in [0.3, 0.4) is 0 Å². The number of nitrogens with zero attached hydrogens (tertiary/aromatic N) is 4. The van der Waals surface area contributed by atoms with Crippen LogP contribution in [0.4, 0.5) is 10.1 Å². The van der Waals surface area contributed by atoms with Gasteiger partial charge < -0.3 is 10.0 Å². The third kappa shape index (κ3) is 2.26. The molecule has 1 saturated heterocycles. The van der Waals surface area contributed by atoms with Crippen molar-refractivity contribution < 1.29 is 9.50 Å². The van der Waals surface area contributed by atoms with Gasteiger partial charge in [0.25, 0.3) is 0 Å². The maximum absolute atomic E-state index is 13.1. The van der Waals surface area contributed by atoms with Crippen LogP contribution >= 0.6 is 0 Å². The van der Waals surface area contributed by atoms with Crippen molar-refractivity contribution in [3.8, 4) is 0 Å². The van der Waals surface area contributed by atoms with E-state index in [1.54, 1.807) is 29.2 Å². The van der Waals surface area contributed by atoms with Gasteiger partial charge in [0.15, 0.2) is 5.65 Å². The zero-order chi connectivity index (χ0) is 16.0. The van der Waals surface area contributed by atoms with E-state index in [4.69, 9.17) is 0 Å². The molecule has 1 fully saturated rings. The zero-order valence-electron chi connectivity index (χ0n) is 12.8. The standard InChI is InChI=1S/C17H17FN4O/c1-21-16-14(10-20-21)15(6-8-19-16)22-9-7-17(23,11-22)12-2-4-13(18)5-3-12/h2-6,8,10,23H,7,9,11H2,1H3. The number of aliphatic hydroxyl groups is 1. The summed E-state index contributed by atoms with van der Waals surface area (Å²) in [7, 11) is 1.86. The first-order valence-electron chi connectivity index (χ1n) is 7.57. The predicted octanol–water partition coefficient (Wildman–Crippen LogP) is 2.21. The van der Waals surface area contributed by atoms with Gasteiger partial charge in [-0.15, -0.1) is 0 Å². The highest BCUT2D eigenvalue weighted by Gasteiger charge is 2.38. The summed E-state index contributed by atoms with van der Waals surface area (Å²) >= 11 is 0. The van der Waals surface area contributed by atoms with Crippen LogP contribution in [0, 0.1) is 5.82 Å². The molecule has 4 rings (SSSR count). The molecule has 23 heavy (non-hydrogen) atoms. The van der Waals surface area contributed by atoms with Gasteiger partial charge in [-0.3, -0.25) is 4.68 Å². The first kappa shape index (κ1) is 14.1. The van der Waals surface area contributed by atoms with Crippen molar-refractivity contribution in [1.29, 1.82) is 0 Å². The summed E-state index contributed by atoms with van der Waals surface area (Å²) in [6.07, 6.45) is 4.16. The number of hydrogen-bond donors (Lipinski definition) is 1. The van der Waals surface area contributed by atoms with Crippen molar-refractivity contribution in [2.75, 3.05) is 18.0 Å². The quantitative estimate of drug-likeness (QED) is 0.788. The Hall–Kier alpha value is -2.47. The van der Waals surface area contributed by atoms with Crippen LogP contribution in [0.1, 0.15) is 12.0 Å². The molecule has 1 aromatic carbocycles. The van der Waals surface area contributed by atoms with E-state index in [-0.39, 0.29) is 5.82 Å². The second-order valence-electron chi connectivity index (χ2n) is 6.05. The SMILES string of the molecule is Cn1ncc2c(N3CCC(O)(c4ccc(F)cc4)C3)ccnc21. The fraction of sp³-hybridized carbons (Fsp3) is 0.294. The number of fused-ring (bicyclic) bond motifs is 1. The largest absolute Gasteiger partial charge is 0.383 e. The van der Waals surface area contributed by atoms with Gasteiger partial charge in [-0.1, -0.05) is 12.1 Å². The maximum Gasteiger partial charge on any atom is 0.159 e. The van der Waals surface area contributed by atoms with E-state index >= 15 is 0 Å². The molecule has 1 aliphatic rings. The number of aromatic nitrogens is 3. The minimum Gasteiger partial charge on any atom is -0.383 e. The zero-order valence-corrected chi connectivity index (χ0v) is 12.8. The third-order valence-corrected chi connectivity index (χ3v) is 4.58. The lowest BCUT2D eigenvalue weighted by atomic mass is 9.93. The molecule has 0 spiro atoms. The molecular weight excluding hydrogens is 295 g/mol. The van der Waals surface area contributed by atoms with Gasteiger partial charge in [-0.25, -0.2) is 9.37 Å². The summed E-state index contributed by atoms with van der Waals surface area (Å²) in [5.74, 6) is -0.293. The Balaban J connectivity index is 1.68. The Labute approximate surface area is 133 Å². The van der Waals surface area contributed by atoms with Gasteiger partial charge in [0.2, 0.25) is 0 Å². The van der Waals surface area contributed by atoms with Crippen molar-refractivity contribution in [2.45, 2.75) is 12.0 Å². The molecule has 0 radical (unpaired) electrons. The van der Waals surface area contributed by atoms with Crippen LogP contribution in [0.2, 0.25) is 0 Å². The molecule has 6 heteroatoms. The Morgan fingerprint density at radius 1 is 1.22 bits per heavy atom. The third-order valence-electron chi connectivity index (χ3n) is 4.58. The molecule has 1 unspecified atom stereocenters. The van der Waals surface area contributed by atoms with Gasteiger partial charge in [-0.05, 0) is 30.2 Å². The number of β-amino-alcohol motifs (C(OH)–C–C–N with tert-alkyl or cyclic N) is 1. The van der Waals surface area contributed by atoms with Crippen molar-refractivity contribution in [3.05, 3.63) is 54.1 Å². The van der Waals surface area contributed by atoms with E-state index in [1.165, 1.54) is 12.1 Å². The van der Waals surface area contributed by atoms with Gasteiger partial charge in [0, 0.05) is 19.8 Å². The Bertz CT molecular complexity index is 861. The number of benzene rings is 1. The Kier molecular flexibility index (Phi) is 3.09. The second-order valence-corrected chi connectivity index (χ2v) is 6.05. The second kappa shape index (κ2) is 5.03. The van der Waals surface area contributed by atoms with Crippen molar-refractivity contribution in [3.63, 3.8) is 0 Å².